The first-order valence-corrected chi connectivity index (χ1v) is 11.8. The van der Waals surface area contributed by atoms with Crippen molar-refractivity contribution in [3.05, 3.63) is 64.7 Å². The molecule has 0 amide bonds. The molecule has 0 saturated heterocycles. The standard InChI is InChI=1S/C22H26N6O5S/c1-15-19(25-24-17-14-16(23)8-9-18(17)34(31,32)33)21(29)28(13-7-10-26(2)3)22(30)20(15)27-11-5-4-6-12-27/h4-6,8-9,11-12,14H,7,10,13,23H2,1-3H3,(H-,24,29,30,31,32,33)/p+1. The lowest BCUT2D eigenvalue weighted by Gasteiger charge is -2.14. The van der Waals surface area contributed by atoms with Crippen molar-refractivity contribution < 1.29 is 22.6 Å². The Morgan fingerprint density at radius 1 is 1.15 bits per heavy atom. The quantitative estimate of drug-likeness (QED) is 0.191. The number of aromatic hydroxyl groups is 1. The molecule has 2 heterocycles. The molecule has 180 valence electrons. The van der Waals surface area contributed by atoms with E-state index in [1.54, 1.807) is 42.1 Å². The van der Waals surface area contributed by atoms with E-state index in [1.807, 2.05) is 19.0 Å². The van der Waals surface area contributed by atoms with Gasteiger partial charge in [-0.15, -0.1) is 10.2 Å². The minimum absolute atomic E-state index is 0.0143. The van der Waals surface area contributed by atoms with Gasteiger partial charge >= 0.3 is 5.56 Å². The van der Waals surface area contributed by atoms with Crippen molar-refractivity contribution in [1.82, 2.24) is 9.47 Å². The van der Waals surface area contributed by atoms with Crippen molar-refractivity contribution in [1.29, 1.82) is 0 Å². The molecule has 0 fully saturated rings. The minimum Gasteiger partial charge on any atom is -0.493 e. The normalized spacial score (nSPS) is 12.0. The molecule has 0 unspecified atom stereocenters. The fraction of sp³-hybridized carbons (Fsp3) is 0.273. The Kier molecular flexibility index (Phi) is 7.44. The maximum absolute atomic E-state index is 13.3. The number of nitrogens with two attached hydrogens (primary N) is 1. The zero-order chi connectivity index (χ0) is 25.0. The van der Waals surface area contributed by atoms with Gasteiger partial charge < -0.3 is 15.7 Å². The number of hydrogen-bond donors (Lipinski definition) is 3. The summed E-state index contributed by atoms with van der Waals surface area (Å²) in [7, 11) is -0.789. The van der Waals surface area contributed by atoms with E-state index in [-0.39, 0.29) is 29.3 Å². The average Bonchev–Trinajstić information content (AvgIpc) is 2.76. The second-order valence-electron chi connectivity index (χ2n) is 7.94. The van der Waals surface area contributed by atoms with Gasteiger partial charge in [0.1, 0.15) is 10.6 Å². The van der Waals surface area contributed by atoms with Crippen LogP contribution in [0.2, 0.25) is 0 Å². The number of azo groups is 1. The van der Waals surface area contributed by atoms with E-state index in [0.717, 1.165) is 6.07 Å². The van der Waals surface area contributed by atoms with Gasteiger partial charge in [0.05, 0.1) is 5.56 Å². The van der Waals surface area contributed by atoms with Crippen molar-refractivity contribution in [2.45, 2.75) is 24.8 Å². The van der Waals surface area contributed by atoms with Crippen LogP contribution in [0.1, 0.15) is 12.0 Å². The summed E-state index contributed by atoms with van der Waals surface area (Å²) < 4.78 is 35.8. The third kappa shape index (κ3) is 5.47. The summed E-state index contributed by atoms with van der Waals surface area (Å²) in [6.07, 6.45) is 3.97. The monoisotopic (exact) mass is 487 g/mol. The van der Waals surface area contributed by atoms with Crippen LogP contribution in [0.15, 0.2) is 68.7 Å². The SMILES string of the molecule is Cc1c(N=Nc2cc(N)ccc2S(=O)(=O)O)c(O)n(CCCN(C)C)c(=O)c1-[n+]1ccccc1. The molecule has 3 aromatic rings. The maximum atomic E-state index is 13.3. The Morgan fingerprint density at radius 3 is 2.44 bits per heavy atom. The third-order valence-electron chi connectivity index (χ3n) is 5.11. The fourth-order valence-corrected chi connectivity index (χ4v) is 4.05. The van der Waals surface area contributed by atoms with Gasteiger partial charge in [0.25, 0.3) is 15.8 Å². The molecule has 1 aromatic carbocycles. The summed E-state index contributed by atoms with van der Waals surface area (Å²) >= 11 is 0. The zero-order valence-corrected chi connectivity index (χ0v) is 19.9. The summed E-state index contributed by atoms with van der Waals surface area (Å²) in [5, 5.41) is 19.0. The molecule has 0 aliphatic rings. The summed E-state index contributed by atoms with van der Waals surface area (Å²) in [4.78, 5) is 14.8. The van der Waals surface area contributed by atoms with Crippen LogP contribution in [-0.2, 0) is 16.7 Å². The van der Waals surface area contributed by atoms with Crippen molar-refractivity contribution in [2.75, 3.05) is 26.4 Å². The summed E-state index contributed by atoms with van der Waals surface area (Å²) in [6, 6.07) is 8.97. The molecule has 3 rings (SSSR count). The van der Waals surface area contributed by atoms with E-state index in [9.17, 15) is 22.9 Å². The number of anilines is 1. The van der Waals surface area contributed by atoms with Gasteiger partial charge in [0.15, 0.2) is 18.1 Å². The van der Waals surface area contributed by atoms with E-state index in [0.29, 0.717) is 18.5 Å². The van der Waals surface area contributed by atoms with Gasteiger partial charge in [-0.1, -0.05) is 6.07 Å². The molecule has 34 heavy (non-hydrogen) atoms. The van der Waals surface area contributed by atoms with Crippen LogP contribution >= 0.6 is 0 Å². The Hall–Kier alpha value is -3.61. The number of aromatic nitrogens is 2. The van der Waals surface area contributed by atoms with Crippen LogP contribution in [0.4, 0.5) is 17.1 Å². The molecule has 11 nitrogen and oxygen atoms in total. The van der Waals surface area contributed by atoms with E-state index in [2.05, 4.69) is 10.2 Å². The van der Waals surface area contributed by atoms with Crippen LogP contribution in [0.3, 0.4) is 0 Å². The van der Waals surface area contributed by atoms with Crippen LogP contribution in [0, 0.1) is 6.92 Å². The number of nitrogens with zero attached hydrogens (tertiary/aromatic N) is 5. The van der Waals surface area contributed by atoms with Crippen LogP contribution in [0.25, 0.3) is 5.69 Å². The molecule has 12 heteroatoms. The highest BCUT2D eigenvalue weighted by atomic mass is 32.2. The molecule has 0 atom stereocenters. The Morgan fingerprint density at radius 2 is 1.82 bits per heavy atom. The summed E-state index contributed by atoms with van der Waals surface area (Å²) in [6.45, 7) is 2.52. The van der Waals surface area contributed by atoms with E-state index in [1.165, 1.54) is 16.7 Å². The average molecular weight is 488 g/mol. The number of hydrogen-bond acceptors (Lipinski definition) is 8. The predicted octanol–water partition coefficient (Wildman–Crippen LogP) is 2.34. The molecule has 0 spiro atoms. The summed E-state index contributed by atoms with van der Waals surface area (Å²) in [5.74, 6) is -0.400. The van der Waals surface area contributed by atoms with E-state index < -0.39 is 26.5 Å². The number of pyridine rings is 2. The highest BCUT2D eigenvalue weighted by Crippen LogP contribution is 2.34. The number of rotatable bonds is 8. The molecule has 0 saturated carbocycles. The third-order valence-corrected chi connectivity index (χ3v) is 6.01. The minimum atomic E-state index is -4.60. The largest absolute Gasteiger partial charge is 0.493 e. The Balaban J connectivity index is 2.21. The lowest BCUT2D eigenvalue weighted by molar-refractivity contribution is -0.597. The molecule has 0 bridgehead atoms. The maximum Gasteiger partial charge on any atom is 0.326 e. The first kappa shape index (κ1) is 25.0. The second-order valence-corrected chi connectivity index (χ2v) is 9.33. The molecule has 0 radical (unpaired) electrons. The smallest absolute Gasteiger partial charge is 0.326 e. The van der Waals surface area contributed by atoms with Gasteiger partial charge in [-0.2, -0.15) is 13.0 Å². The molecule has 0 aliphatic heterocycles. The van der Waals surface area contributed by atoms with Gasteiger partial charge in [0.2, 0.25) is 5.88 Å². The Labute approximate surface area is 197 Å². The number of nitrogen functional groups attached to an aromatic ring is 1. The van der Waals surface area contributed by atoms with Gasteiger partial charge in [0, 0.05) is 24.4 Å². The predicted molar refractivity (Wildman–Crippen MR) is 127 cm³/mol. The molecule has 0 aliphatic carbocycles. The molecular formula is C22H27N6O5S+. The van der Waals surface area contributed by atoms with Crippen LogP contribution in [0.5, 0.6) is 5.88 Å². The lowest BCUT2D eigenvalue weighted by Crippen LogP contribution is -2.40. The zero-order valence-electron chi connectivity index (χ0n) is 19.1. The van der Waals surface area contributed by atoms with Crippen molar-refractivity contribution in [3.8, 4) is 11.6 Å². The fourth-order valence-electron chi connectivity index (χ4n) is 3.45. The second kappa shape index (κ2) is 10.1. The highest BCUT2D eigenvalue weighted by Gasteiger charge is 2.26. The highest BCUT2D eigenvalue weighted by molar-refractivity contribution is 7.86. The van der Waals surface area contributed by atoms with Crippen molar-refractivity contribution >= 4 is 27.2 Å². The van der Waals surface area contributed by atoms with E-state index in [4.69, 9.17) is 5.73 Å². The summed E-state index contributed by atoms with van der Waals surface area (Å²) in [5.41, 5.74) is 5.92. The van der Waals surface area contributed by atoms with Crippen LogP contribution in [-0.4, -0.2) is 48.2 Å². The molecule has 2 aromatic heterocycles. The van der Waals surface area contributed by atoms with Gasteiger partial charge in [-0.25, -0.2) is 0 Å². The van der Waals surface area contributed by atoms with Crippen LogP contribution < -0.4 is 15.9 Å². The first-order valence-electron chi connectivity index (χ1n) is 10.4. The Bertz CT molecular complexity index is 1390. The number of benzene rings is 1. The van der Waals surface area contributed by atoms with Crippen molar-refractivity contribution in [3.63, 3.8) is 0 Å². The van der Waals surface area contributed by atoms with Gasteiger partial charge in [-0.3, -0.25) is 13.9 Å². The van der Waals surface area contributed by atoms with Crippen molar-refractivity contribution in [2.24, 2.45) is 10.2 Å². The topological polar surface area (TPSA) is 154 Å². The molecule has 4 N–H and O–H groups in total. The molecular weight excluding hydrogens is 460 g/mol. The van der Waals surface area contributed by atoms with E-state index >= 15 is 0 Å². The van der Waals surface area contributed by atoms with Gasteiger partial charge in [-0.05, 0) is 52.2 Å². The lowest BCUT2D eigenvalue weighted by atomic mass is 10.2. The first-order chi connectivity index (χ1) is 16.0.